The number of carbonyl (C=O) groups is 4. The zero-order chi connectivity index (χ0) is 94.9. The van der Waals surface area contributed by atoms with Crippen LogP contribution < -0.4 is 28.4 Å². The van der Waals surface area contributed by atoms with Crippen molar-refractivity contribution < 1.29 is 66.5 Å². The maximum absolute atomic E-state index is 11.2. The first-order valence-corrected chi connectivity index (χ1v) is 46.6. The first-order chi connectivity index (χ1) is 64.4. The molecule has 0 atom stereocenters. The summed E-state index contributed by atoms with van der Waals surface area (Å²) >= 11 is 0. The molecule has 3 aliphatic carbocycles. The summed E-state index contributed by atoms with van der Waals surface area (Å²) in [5.41, 5.74) is 21.3. The molecular formula is C119H136O14. The van der Waals surface area contributed by atoms with Gasteiger partial charge in [0.2, 0.25) is 27.2 Å². The Kier molecular flexibility index (Phi) is 44.2. The number of benzene rings is 11. The van der Waals surface area contributed by atoms with Crippen molar-refractivity contribution in [1.29, 1.82) is 0 Å². The molecule has 696 valence electrons. The second-order valence-electron chi connectivity index (χ2n) is 34.9. The van der Waals surface area contributed by atoms with E-state index in [1.165, 1.54) is 155 Å². The molecule has 3 fully saturated rings. The lowest BCUT2D eigenvalue weighted by Gasteiger charge is -2.26. The van der Waals surface area contributed by atoms with Gasteiger partial charge in [0.15, 0.2) is 0 Å². The van der Waals surface area contributed by atoms with Crippen molar-refractivity contribution in [3.05, 3.63) is 419 Å². The number of hydrogen-bond acceptors (Lipinski definition) is 14. The third kappa shape index (κ3) is 39.2. The van der Waals surface area contributed by atoms with Crippen molar-refractivity contribution >= 4 is 36.0 Å². The van der Waals surface area contributed by atoms with E-state index in [2.05, 4.69) is 275 Å². The third-order valence-corrected chi connectivity index (χ3v) is 23.9. The Labute approximate surface area is 791 Å². The molecule has 3 aliphatic rings. The summed E-state index contributed by atoms with van der Waals surface area (Å²) in [6, 6.07) is 91.6. The SMILES string of the molecule is C=C(C)C(=O)OCOc1ccc(C2CCC(C)CC2)cc1.C=C(C)C(=O)OCOc1ccc(Cc2ccc(C)cc2)cc1.C=CC(=O)OCOc1ccc(C2CCC(C)CC2)cc1.C=CC(=O)OCOc1ccc(Cc2ccc(C)cc2)cc1.C=Cc1ccc(CCOc2ccc(C3CCC(C)CC3)cc2)cc1.C=Cc1ccc(CCOc2ccc(Cc3ccc(C)cc3)cc2)cc1. The molecule has 133 heavy (non-hydrogen) atoms. The second-order valence-corrected chi connectivity index (χ2v) is 34.9. The Balaban J connectivity index is 0.000000180. The molecule has 0 bridgehead atoms. The van der Waals surface area contributed by atoms with E-state index in [1.807, 2.05) is 84.9 Å². The lowest BCUT2D eigenvalue weighted by atomic mass is 9.79. The van der Waals surface area contributed by atoms with Gasteiger partial charge in [-0.15, -0.1) is 0 Å². The minimum atomic E-state index is -0.494. The first-order valence-electron chi connectivity index (χ1n) is 46.6. The van der Waals surface area contributed by atoms with Crippen LogP contribution in [0.15, 0.2) is 330 Å². The van der Waals surface area contributed by atoms with Gasteiger partial charge in [-0.3, -0.25) is 0 Å². The van der Waals surface area contributed by atoms with Crippen molar-refractivity contribution in [1.82, 2.24) is 0 Å². The van der Waals surface area contributed by atoms with Crippen LogP contribution in [-0.2, 0) is 70.2 Å². The molecule has 0 aromatic heterocycles. The summed E-state index contributed by atoms with van der Waals surface area (Å²) < 4.78 is 52.5. The fourth-order valence-corrected chi connectivity index (χ4v) is 15.4. The Morgan fingerprint density at radius 2 is 0.489 bits per heavy atom. The Bertz CT molecular complexity index is 5330. The molecule has 14 heteroatoms. The number of hydrogen-bond donors (Lipinski definition) is 0. The number of carbonyl (C=O) groups excluding carboxylic acids is 4. The number of esters is 4. The van der Waals surface area contributed by atoms with Gasteiger partial charge in [0, 0.05) is 36.1 Å². The molecule has 0 N–H and O–H groups in total. The fraction of sp³-hybridized carbons (Fsp3) is 0.311. The zero-order valence-corrected chi connectivity index (χ0v) is 79.4. The molecule has 0 unspecified atom stereocenters. The average Bonchev–Trinajstić information content (AvgIpc) is 0.860. The van der Waals surface area contributed by atoms with Crippen molar-refractivity contribution in [3.8, 4) is 34.5 Å². The van der Waals surface area contributed by atoms with Crippen molar-refractivity contribution in [2.45, 2.75) is 182 Å². The van der Waals surface area contributed by atoms with Crippen LogP contribution in [-0.4, -0.2) is 64.3 Å². The summed E-state index contributed by atoms with van der Waals surface area (Å²) in [6.45, 7) is 38.8. The van der Waals surface area contributed by atoms with Crippen LogP contribution in [0.3, 0.4) is 0 Å². The van der Waals surface area contributed by atoms with Gasteiger partial charge in [-0.1, -0.05) is 322 Å². The van der Waals surface area contributed by atoms with Crippen LogP contribution in [0.25, 0.3) is 12.2 Å². The van der Waals surface area contributed by atoms with Crippen LogP contribution in [0.5, 0.6) is 34.5 Å². The standard InChI is InChI=1S/C24H24O.C23H28O.C19H20O3.C18H24O3.C18H18O3.C17H22O3/c1-3-20-8-10-21(11-9-20)16-17-25-24-14-12-23(13-15-24)18-22-6-4-19(2)5-7-22;1-3-19-6-8-20(9-7-19)16-17-24-23-14-12-22(13-15-23)21-10-4-18(2)5-11-21;1-14(2)19(20)22-13-21-18-10-8-17(9-11-18)12-16-6-4-15(3)5-7-16;1-13(2)18(19)21-12-20-17-10-8-16(9-11-17)15-6-4-14(3)5-7-15;1-3-18(19)21-13-20-17-10-8-16(9-11-17)12-15-6-4-14(2)5-7-15;1-3-17(18)20-12-19-16-10-8-15(9-11-16)14-6-4-13(2)5-7-14/h3-15H,1,16-18H2,2H3;3,6-9,12-15,18,21H,1,4-5,10-11,16-17H2,2H3;4-11H,1,12-13H2,2-3H3;8-11,14-15H,1,4-7,12H2,2-3H3;3-11H,1,12-13H2,2H3;3,8-11,13-14H,1,4-7,12H2,2H3. The van der Waals surface area contributed by atoms with Crippen LogP contribution in [0.4, 0.5) is 0 Å². The number of aryl methyl sites for hydroxylation is 3. The normalized spacial score (nSPS) is 15.6. The Morgan fingerprint density at radius 1 is 0.278 bits per heavy atom. The monoisotopic (exact) mass is 1790 g/mol. The molecule has 0 radical (unpaired) electrons. The molecule has 14 nitrogen and oxygen atoms in total. The molecule has 0 spiro atoms. The number of rotatable bonds is 35. The third-order valence-electron chi connectivity index (χ3n) is 23.9. The van der Waals surface area contributed by atoms with Crippen LogP contribution in [0.1, 0.15) is 218 Å². The van der Waals surface area contributed by atoms with Gasteiger partial charge < -0.3 is 47.4 Å². The second kappa shape index (κ2) is 57.0. The van der Waals surface area contributed by atoms with Gasteiger partial charge >= 0.3 is 23.9 Å². The summed E-state index contributed by atoms with van der Waals surface area (Å²) in [4.78, 5) is 44.2. The molecule has 0 amide bonds. The molecule has 11 aromatic carbocycles. The van der Waals surface area contributed by atoms with E-state index in [4.69, 9.17) is 47.4 Å². The minimum absolute atomic E-state index is 0.0774. The molecule has 0 heterocycles. The summed E-state index contributed by atoms with van der Waals surface area (Å²) in [7, 11) is 0. The van der Waals surface area contributed by atoms with Crippen molar-refractivity contribution in [2.75, 3.05) is 40.4 Å². The van der Waals surface area contributed by atoms with E-state index in [0.717, 1.165) is 102 Å². The smallest absolute Gasteiger partial charge is 0.335 e. The predicted molar refractivity (Wildman–Crippen MR) is 540 cm³/mol. The van der Waals surface area contributed by atoms with E-state index < -0.39 is 23.9 Å². The van der Waals surface area contributed by atoms with E-state index in [9.17, 15) is 19.2 Å². The topological polar surface area (TPSA) is 161 Å². The van der Waals surface area contributed by atoms with E-state index >= 15 is 0 Å². The van der Waals surface area contributed by atoms with E-state index in [0.29, 0.717) is 47.7 Å². The van der Waals surface area contributed by atoms with Gasteiger partial charge in [-0.05, 0) is 273 Å². The first kappa shape index (κ1) is 103. The lowest BCUT2D eigenvalue weighted by Crippen LogP contribution is -2.11. The average molecular weight is 1790 g/mol. The largest absolute Gasteiger partial charge is 0.493 e. The van der Waals surface area contributed by atoms with Crippen LogP contribution in [0.2, 0.25) is 0 Å². The summed E-state index contributed by atoms with van der Waals surface area (Å²) in [5.74, 6) is 7.58. The van der Waals surface area contributed by atoms with Crippen molar-refractivity contribution in [3.63, 3.8) is 0 Å². The summed E-state index contributed by atoms with van der Waals surface area (Å²) in [6.07, 6.45) is 26.3. The molecular weight excluding hydrogens is 1650 g/mol. The maximum atomic E-state index is 11.2. The van der Waals surface area contributed by atoms with E-state index in [-0.39, 0.29) is 27.2 Å². The maximum Gasteiger partial charge on any atom is 0.335 e. The van der Waals surface area contributed by atoms with Gasteiger partial charge in [0.25, 0.3) is 0 Å². The van der Waals surface area contributed by atoms with Gasteiger partial charge in [-0.25, -0.2) is 19.2 Å². The van der Waals surface area contributed by atoms with Gasteiger partial charge in [-0.2, -0.15) is 0 Å². The molecule has 11 aromatic rings. The molecule has 3 saturated carbocycles. The Morgan fingerprint density at radius 3 is 0.714 bits per heavy atom. The zero-order valence-electron chi connectivity index (χ0n) is 79.4. The molecule has 0 saturated heterocycles. The Hall–Kier alpha value is -13.5. The molecule has 14 rings (SSSR count). The predicted octanol–water partition coefficient (Wildman–Crippen LogP) is 28.3. The lowest BCUT2D eigenvalue weighted by molar-refractivity contribution is -0.146. The van der Waals surface area contributed by atoms with Gasteiger partial charge in [0.05, 0.1) is 13.2 Å². The molecule has 0 aliphatic heterocycles. The van der Waals surface area contributed by atoms with Gasteiger partial charge in [0.1, 0.15) is 34.5 Å². The number of ether oxygens (including phenoxy) is 10. The van der Waals surface area contributed by atoms with Crippen LogP contribution in [0, 0.1) is 38.5 Å². The summed E-state index contributed by atoms with van der Waals surface area (Å²) in [5, 5.41) is 0. The highest BCUT2D eigenvalue weighted by atomic mass is 16.7. The van der Waals surface area contributed by atoms with Crippen molar-refractivity contribution in [2.24, 2.45) is 17.8 Å². The minimum Gasteiger partial charge on any atom is -0.493 e. The highest BCUT2D eigenvalue weighted by Crippen LogP contribution is 2.39. The quantitative estimate of drug-likeness (QED) is 0.0160. The van der Waals surface area contributed by atoms with Crippen LogP contribution >= 0.6 is 0 Å². The fourth-order valence-electron chi connectivity index (χ4n) is 15.4. The highest BCUT2D eigenvalue weighted by molar-refractivity contribution is 5.87. The van der Waals surface area contributed by atoms with E-state index in [1.54, 1.807) is 13.8 Å². The highest BCUT2D eigenvalue weighted by Gasteiger charge is 2.23.